The van der Waals surface area contributed by atoms with E-state index in [1.807, 2.05) is 0 Å². The highest BCUT2D eigenvalue weighted by atomic mass is 32.1. The molecule has 1 amide bonds. The van der Waals surface area contributed by atoms with Crippen molar-refractivity contribution in [2.24, 2.45) is 5.92 Å². The molecule has 0 aromatic carbocycles. The lowest BCUT2D eigenvalue weighted by molar-refractivity contribution is 0.0624. The van der Waals surface area contributed by atoms with Crippen LogP contribution in [-0.4, -0.2) is 45.2 Å². The summed E-state index contributed by atoms with van der Waals surface area (Å²) in [5.41, 5.74) is 0.695. The Balaban J connectivity index is 2.07. The number of aromatic nitrogens is 2. The maximum Gasteiger partial charge on any atom is 0.267 e. The molecule has 0 spiro atoms. The molecule has 1 aromatic heterocycles. The second-order valence-corrected chi connectivity index (χ2v) is 4.88. The summed E-state index contributed by atoms with van der Waals surface area (Å²) in [6.45, 7) is 3.37. The molecule has 1 N–H and O–H groups in total. The van der Waals surface area contributed by atoms with Gasteiger partial charge in [0.05, 0.1) is 5.69 Å². The third-order valence-electron chi connectivity index (χ3n) is 2.91. The van der Waals surface area contributed by atoms with E-state index in [4.69, 9.17) is 5.11 Å². The van der Waals surface area contributed by atoms with Crippen LogP contribution in [0.2, 0.25) is 0 Å². The normalized spacial score (nSPS) is 21.1. The predicted molar refractivity (Wildman–Crippen MR) is 60.4 cm³/mol. The Kier molecular flexibility index (Phi) is 3.50. The smallest absolute Gasteiger partial charge is 0.267 e. The molecule has 0 saturated carbocycles. The van der Waals surface area contributed by atoms with E-state index < -0.39 is 0 Å². The molecule has 0 radical (unpaired) electrons. The number of amides is 1. The summed E-state index contributed by atoms with van der Waals surface area (Å²) in [6.07, 6.45) is 1.96. The van der Waals surface area contributed by atoms with Crippen molar-refractivity contribution in [1.29, 1.82) is 0 Å². The highest BCUT2D eigenvalue weighted by Crippen LogP contribution is 2.20. The Morgan fingerprint density at radius 3 is 3.12 bits per heavy atom. The largest absolute Gasteiger partial charge is 0.396 e. The lowest BCUT2D eigenvalue weighted by Crippen LogP contribution is -2.40. The highest BCUT2D eigenvalue weighted by molar-refractivity contribution is 7.07. The van der Waals surface area contributed by atoms with Gasteiger partial charge in [0.2, 0.25) is 0 Å². The number of hydrogen-bond acceptors (Lipinski definition) is 5. The summed E-state index contributed by atoms with van der Waals surface area (Å²) in [6, 6.07) is 0. The molecule has 88 valence electrons. The van der Waals surface area contributed by atoms with Crippen molar-refractivity contribution in [2.45, 2.75) is 19.8 Å². The summed E-state index contributed by atoms with van der Waals surface area (Å²) in [5, 5.41) is 13.0. The van der Waals surface area contributed by atoms with Crippen molar-refractivity contribution in [1.82, 2.24) is 14.5 Å². The first kappa shape index (κ1) is 11.5. The number of rotatable bonds is 2. The zero-order valence-corrected chi connectivity index (χ0v) is 10.0. The molecule has 1 atom stereocenters. The van der Waals surface area contributed by atoms with Crippen LogP contribution in [0.4, 0.5) is 0 Å². The van der Waals surface area contributed by atoms with Gasteiger partial charge in [-0.25, -0.2) is 0 Å². The minimum atomic E-state index is 0.00523. The van der Waals surface area contributed by atoms with E-state index in [2.05, 4.69) is 9.59 Å². The Morgan fingerprint density at radius 2 is 2.50 bits per heavy atom. The zero-order valence-electron chi connectivity index (χ0n) is 9.22. The minimum absolute atomic E-state index is 0.00523. The van der Waals surface area contributed by atoms with Crippen LogP contribution < -0.4 is 0 Å². The van der Waals surface area contributed by atoms with Crippen molar-refractivity contribution >= 4 is 17.4 Å². The predicted octanol–water partition coefficient (Wildman–Crippen LogP) is 0.691. The molecule has 1 aromatic rings. The Labute approximate surface area is 98.2 Å². The summed E-state index contributed by atoms with van der Waals surface area (Å²) in [4.78, 5) is 14.5. The second-order valence-electron chi connectivity index (χ2n) is 4.13. The number of aliphatic hydroxyl groups is 1. The average molecular weight is 241 g/mol. The van der Waals surface area contributed by atoms with E-state index in [0.717, 1.165) is 30.9 Å². The molecule has 1 saturated heterocycles. The number of piperidine rings is 1. The molecule has 0 aliphatic carbocycles. The number of hydrogen-bond donors (Lipinski definition) is 1. The standard InChI is InChI=1S/C10H15N3O2S/c1-7-9(16-12-11-7)10(15)13-4-2-3-8(5-13)6-14/h8,14H,2-6H2,1H3. The number of carbonyl (C=O) groups is 1. The summed E-state index contributed by atoms with van der Waals surface area (Å²) >= 11 is 1.15. The van der Waals surface area contributed by atoms with Crippen LogP contribution in [0.25, 0.3) is 0 Å². The molecule has 6 heteroatoms. The molecule has 16 heavy (non-hydrogen) atoms. The van der Waals surface area contributed by atoms with Crippen LogP contribution in [0, 0.1) is 12.8 Å². The third kappa shape index (κ3) is 2.22. The van der Waals surface area contributed by atoms with E-state index in [1.54, 1.807) is 11.8 Å². The summed E-state index contributed by atoms with van der Waals surface area (Å²) in [5.74, 6) is 0.226. The topological polar surface area (TPSA) is 66.3 Å². The lowest BCUT2D eigenvalue weighted by Gasteiger charge is -2.31. The van der Waals surface area contributed by atoms with Gasteiger partial charge in [0.1, 0.15) is 4.88 Å². The molecular weight excluding hydrogens is 226 g/mol. The van der Waals surface area contributed by atoms with E-state index >= 15 is 0 Å². The fraction of sp³-hybridized carbons (Fsp3) is 0.700. The summed E-state index contributed by atoms with van der Waals surface area (Å²) in [7, 11) is 0. The van der Waals surface area contributed by atoms with Gasteiger partial charge in [0, 0.05) is 19.7 Å². The molecule has 2 rings (SSSR count). The fourth-order valence-corrected chi connectivity index (χ4v) is 2.59. The van der Waals surface area contributed by atoms with Crippen molar-refractivity contribution in [3.8, 4) is 0 Å². The van der Waals surface area contributed by atoms with E-state index in [1.165, 1.54) is 0 Å². The van der Waals surface area contributed by atoms with Crippen molar-refractivity contribution in [3.05, 3.63) is 10.6 Å². The minimum Gasteiger partial charge on any atom is -0.396 e. The van der Waals surface area contributed by atoms with E-state index in [-0.39, 0.29) is 18.4 Å². The van der Waals surface area contributed by atoms with Gasteiger partial charge in [-0.05, 0) is 37.2 Å². The quantitative estimate of drug-likeness (QED) is 0.827. The Morgan fingerprint density at radius 1 is 1.69 bits per heavy atom. The van der Waals surface area contributed by atoms with Crippen LogP contribution in [0.1, 0.15) is 28.2 Å². The first-order chi connectivity index (χ1) is 7.72. The second kappa shape index (κ2) is 4.88. The highest BCUT2D eigenvalue weighted by Gasteiger charge is 2.26. The van der Waals surface area contributed by atoms with Gasteiger partial charge < -0.3 is 10.0 Å². The van der Waals surface area contributed by atoms with Gasteiger partial charge >= 0.3 is 0 Å². The molecule has 5 nitrogen and oxygen atoms in total. The number of carbonyl (C=O) groups excluding carboxylic acids is 1. The fourth-order valence-electron chi connectivity index (χ4n) is 1.97. The number of aliphatic hydroxyl groups excluding tert-OH is 1. The summed E-state index contributed by atoms with van der Waals surface area (Å²) < 4.78 is 3.77. The van der Waals surface area contributed by atoms with Crippen LogP contribution in [0.3, 0.4) is 0 Å². The Bertz CT molecular complexity index is 380. The first-order valence-electron chi connectivity index (χ1n) is 5.41. The van der Waals surface area contributed by atoms with E-state index in [9.17, 15) is 4.79 Å². The molecule has 0 bridgehead atoms. The first-order valence-corrected chi connectivity index (χ1v) is 6.18. The maximum atomic E-state index is 12.1. The van der Waals surface area contributed by atoms with Crippen LogP contribution in [-0.2, 0) is 0 Å². The SMILES string of the molecule is Cc1nnsc1C(=O)N1CCCC(CO)C1. The zero-order chi connectivity index (χ0) is 11.5. The third-order valence-corrected chi connectivity index (χ3v) is 3.73. The van der Waals surface area contributed by atoms with Gasteiger partial charge in [0.25, 0.3) is 5.91 Å². The molecule has 1 aliphatic rings. The van der Waals surface area contributed by atoms with Gasteiger partial charge in [0.15, 0.2) is 0 Å². The number of nitrogens with zero attached hydrogens (tertiary/aromatic N) is 3. The van der Waals surface area contributed by atoms with E-state index in [0.29, 0.717) is 17.1 Å². The van der Waals surface area contributed by atoms with Gasteiger partial charge in [-0.2, -0.15) is 0 Å². The molecule has 1 unspecified atom stereocenters. The Hall–Kier alpha value is -1.01. The van der Waals surface area contributed by atoms with Crippen molar-refractivity contribution in [2.75, 3.05) is 19.7 Å². The van der Waals surface area contributed by atoms with Crippen LogP contribution >= 0.6 is 11.5 Å². The lowest BCUT2D eigenvalue weighted by atomic mass is 9.99. The van der Waals surface area contributed by atoms with Crippen molar-refractivity contribution in [3.63, 3.8) is 0 Å². The number of aryl methyl sites for hydroxylation is 1. The van der Waals surface area contributed by atoms with Gasteiger partial charge in [-0.3, -0.25) is 4.79 Å². The average Bonchev–Trinajstić information content (AvgIpc) is 2.74. The maximum absolute atomic E-state index is 12.1. The van der Waals surface area contributed by atoms with Crippen LogP contribution in [0.15, 0.2) is 0 Å². The number of likely N-dealkylation sites (tertiary alicyclic amines) is 1. The molecular formula is C10H15N3O2S. The monoisotopic (exact) mass is 241 g/mol. The van der Waals surface area contributed by atoms with Gasteiger partial charge in [-0.15, -0.1) is 5.10 Å². The molecule has 1 fully saturated rings. The van der Waals surface area contributed by atoms with Crippen LogP contribution in [0.5, 0.6) is 0 Å². The van der Waals surface area contributed by atoms with Crippen molar-refractivity contribution < 1.29 is 9.90 Å². The van der Waals surface area contributed by atoms with Gasteiger partial charge in [-0.1, -0.05) is 4.49 Å². The molecule has 2 heterocycles. The molecule has 1 aliphatic heterocycles.